The van der Waals surface area contributed by atoms with Crippen molar-refractivity contribution in [2.45, 2.75) is 12.5 Å². The Hall–Kier alpha value is -3.93. The fourth-order valence-electron chi connectivity index (χ4n) is 3.69. The Morgan fingerprint density at radius 1 is 1.03 bits per heavy atom. The standard InChI is InChI=1S/C24H19N3O3/c28-18-7-3-15(4-8-18)17-6-10-22-19(14-17)20(11-13-30-22)27-24(29)21-9-5-16-2-1-12-25-23(16)26-21/h1-10,12,14,20,28H,11,13H2,(H,27,29). The van der Waals surface area contributed by atoms with Gasteiger partial charge in [0.05, 0.1) is 12.6 Å². The Morgan fingerprint density at radius 2 is 1.87 bits per heavy atom. The van der Waals surface area contributed by atoms with E-state index in [9.17, 15) is 9.90 Å². The van der Waals surface area contributed by atoms with Crippen LogP contribution in [0.15, 0.2) is 72.9 Å². The zero-order valence-corrected chi connectivity index (χ0v) is 16.1. The highest BCUT2D eigenvalue weighted by molar-refractivity contribution is 5.94. The van der Waals surface area contributed by atoms with Gasteiger partial charge in [-0.1, -0.05) is 18.2 Å². The molecule has 2 aromatic heterocycles. The fourth-order valence-corrected chi connectivity index (χ4v) is 3.69. The molecule has 0 saturated carbocycles. The Labute approximate surface area is 173 Å². The van der Waals surface area contributed by atoms with E-state index in [4.69, 9.17) is 4.74 Å². The van der Waals surface area contributed by atoms with E-state index in [1.165, 1.54) is 0 Å². The molecule has 6 heteroatoms. The minimum Gasteiger partial charge on any atom is -0.508 e. The van der Waals surface area contributed by atoms with Crippen molar-refractivity contribution in [2.75, 3.05) is 6.61 Å². The second-order valence-corrected chi connectivity index (χ2v) is 7.21. The molecule has 1 unspecified atom stereocenters. The van der Waals surface area contributed by atoms with Gasteiger partial charge in [-0.05, 0) is 59.7 Å². The normalized spacial score (nSPS) is 15.3. The number of ether oxygens (including phenoxy) is 1. The smallest absolute Gasteiger partial charge is 0.270 e. The van der Waals surface area contributed by atoms with Crippen LogP contribution in [0, 0.1) is 0 Å². The molecule has 6 nitrogen and oxygen atoms in total. The van der Waals surface area contributed by atoms with Gasteiger partial charge in [0, 0.05) is 23.6 Å². The molecule has 0 radical (unpaired) electrons. The number of carbonyl (C=O) groups excluding carboxylic acids is 1. The molecule has 148 valence electrons. The van der Waals surface area contributed by atoms with Crippen LogP contribution in [0.4, 0.5) is 0 Å². The quantitative estimate of drug-likeness (QED) is 0.540. The molecule has 2 aromatic carbocycles. The van der Waals surface area contributed by atoms with Crippen LogP contribution in [0.5, 0.6) is 11.5 Å². The summed E-state index contributed by atoms with van der Waals surface area (Å²) in [6.07, 6.45) is 2.33. The molecular weight excluding hydrogens is 378 g/mol. The Morgan fingerprint density at radius 3 is 2.73 bits per heavy atom. The van der Waals surface area contributed by atoms with Crippen LogP contribution in [0.2, 0.25) is 0 Å². The van der Waals surface area contributed by atoms with Crippen molar-refractivity contribution in [3.8, 4) is 22.6 Å². The summed E-state index contributed by atoms with van der Waals surface area (Å²) in [5.74, 6) is 0.750. The number of nitrogens with zero attached hydrogens (tertiary/aromatic N) is 2. The summed E-state index contributed by atoms with van der Waals surface area (Å²) in [6.45, 7) is 0.531. The molecule has 0 fully saturated rings. The molecule has 0 bridgehead atoms. The second-order valence-electron chi connectivity index (χ2n) is 7.21. The van der Waals surface area contributed by atoms with E-state index >= 15 is 0 Å². The summed E-state index contributed by atoms with van der Waals surface area (Å²) in [4.78, 5) is 21.5. The van der Waals surface area contributed by atoms with E-state index in [-0.39, 0.29) is 17.7 Å². The van der Waals surface area contributed by atoms with Crippen LogP contribution >= 0.6 is 0 Å². The lowest BCUT2D eigenvalue weighted by atomic mass is 9.95. The lowest BCUT2D eigenvalue weighted by Crippen LogP contribution is -2.32. The van der Waals surface area contributed by atoms with Crippen LogP contribution in [0.25, 0.3) is 22.2 Å². The van der Waals surface area contributed by atoms with Gasteiger partial charge < -0.3 is 15.2 Å². The molecule has 1 aliphatic heterocycles. The summed E-state index contributed by atoms with van der Waals surface area (Å²) in [7, 11) is 0. The van der Waals surface area contributed by atoms with Gasteiger partial charge in [0.2, 0.25) is 0 Å². The molecular formula is C24H19N3O3. The highest BCUT2D eigenvalue weighted by Crippen LogP contribution is 2.36. The first kappa shape index (κ1) is 18.1. The molecule has 1 amide bonds. The van der Waals surface area contributed by atoms with Crippen molar-refractivity contribution in [3.63, 3.8) is 0 Å². The van der Waals surface area contributed by atoms with Gasteiger partial charge in [0.1, 0.15) is 17.2 Å². The van der Waals surface area contributed by atoms with Crippen molar-refractivity contribution in [1.82, 2.24) is 15.3 Å². The zero-order chi connectivity index (χ0) is 20.5. The molecule has 30 heavy (non-hydrogen) atoms. The molecule has 3 heterocycles. The molecule has 4 aromatic rings. The number of carbonyl (C=O) groups is 1. The van der Waals surface area contributed by atoms with Crippen molar-refractivity contribution >= 4 is 16.9 Å². The van der Waals surface area contributed by atoms with E-state index in [1.807, 2.05) is 48.5 Å². The average molecular weight is 397 g/mol. The number of pyridine rings is 2. The average Bonchev–Trinajstić information content (AvgIpc) is 2.79. The highest BCUT2D eigenvalue weighted by atomic mass is 16.5. The Balaban J connectivity index is 1.43. The third kappa shape index (κ3) is 3.43. The number of phenolic OH excluding ortho intramolecular Hbond substituents is 1. The maximum atomic E-state index is 12.9. The van der Waals surface area contributed by atoms with Crippen molar-refractivity contribution in [3.05, 3.63) is 84.2 Å². The van der Waals surface area contributed by atoms with Gasteiger partial charge in [-0.15, -0.1) is 0 Å². The zero-order valence-electron chi connectivity index (χ0n) is 16.1. The summed E-state index contributed by atoms with van der Waals surface area (Å²) in [5, 5.41) is 13.5. The molecule has 1 aliphatic rings. The summed E-state index contributed by atoms with van der Waals surface area (Å²) < 4.78 is 5.79. The van der Waals surface area contributed by atoms with Crippen LogP contribution in [0.1, 0.15) is 28.5 Å². The minimum absolute atomic E-state index is 0.181. The Kier molecular flexibility index (Phi) is 4.52. The number of hydrogen-bond donors (Lipinski definition) is 2. The molecule has 1 atom stereocenters. The van der Waals surface area contributed by atoms with E-state index in [0.29, 0.717) is 24.4 Å². The van der Waals surface area contributed by atoms with Crippen molar-refractivity contribution < 1.29 is 14.6 Å². The third-order valence-corrected chi connectivity index (χ3v) is 5.25. The van der Waals surface area contributed by atoms with Gasteiger partial charge >= 0.3 is 0 Å². The third-order valence-electron chi connectivity index (χ3n) is 5.25. The number of nitrogens with one attached hydrogen (secondary N) is 1. The van der Waals surface area contributed by atoms with Gasteiger partial charge in [-0.3, -0.25) is 4.79 Å². The largest absolute Gasteiger partial charge is 0.508 e. The monoisotopic (exact) mass is 397 g/mol. The van der Waals surface area contributed by atoms with Crippen molar-refractivity contribution in [2.24, 2.45) is 0 Å². The lowest BCUT2D eigenvalue weighted by molar-refractivity contribution is 0.0920. The lowest BCUT2D eigenvalue weighted by Gasteiger charge is -2.27. The minimum atomic E-state index is -0.240. The number of phenols is 1. The van der Waals surface area contributed by atoms with Crippen LogP contribution in [-0.2, 0) is 0 Å². The number of aromatic nitrogens is 2. The van der Waals surface area contributed by atoms with Gasteiger partial charge in [-0.2, -0.15) is 0 Å². The fraction of sp³-hybridized carbons (Fsp3) is 0.125. The van der Waals surface area contributed by atoms with Gasteiger partial charge in [0.15, 0.2) is 5.65 Å². The number of hydrogen-bond acceptors (Lipinski definition) is 5. The molecule has 0 spiro atoms. The molecule has 2 N–H and O–H groups in total. The molecule has 0 saturated heterocycles. The SMILES string of the molecule is O=C(NC1CCOc2ccc(-c3ccc(O)cc3)cc21)c1ccc2cccnc2n1. The number of aromatic hydroxyl groups is 1. The van der Waals surface area contributed by atoms with Crippen LogP contribution in [-0.4, -0.2) is 27.6 Å². The van der Waals surface area contributed by atoms with E-state index in [0.717, 1.165) is 27.8 Å². The summed E-state index contributed by atoms with van der Waals surface area (Å²) in [5.41, 5.74) is 3.79. The van der Waals surface area contributed by atoms with E-state index in [1.54, 1.807) is 24.4 Å². The van der Waals surface area contributed by atoms with E-state index < -0.39 is 0 Å². The second kappa shape index (κ2) is 7.48. The summed E-state index contributed by atoms with van der Waals surface area (Å²) in [6, 6.07) is 20.1. The first-order valence-corrected chi connectivity index (χ1v) is 9.76. The molecule has 5 rings (SSSR count). The topological polar surface area (TPSA) is 84.3 Å². The van der Waals surface area contributed by atoms with Crippen LogP contribution in [0.3, 0.4) is 0 Å². The predicted molar refractivity (Wildman–Crippen MR) is 113 cm³/mol. The first-order chi connectivity index (χ1) is 14.7. The van der Waals surface area contributed by atoms with Gasteiger partial charge in [-0.25, -0.2) is 9.97 Å². The maximum Gasteiger partial charge on any atom is 0.270 e. The van der Waals surface area contributed by atoms with Crippen LogP contribution < -0.4 is 10.1 Å². The number of amides is 1. The highest BCUT2D eigenvalue weighted by Gasteiger charge is 2.24. The van der Waals surface area contributed by atoms with E-state index in [2.05, 4.69) is 15.3 Å². The Bertz CT molecular complexity index is 1240. The van der Waals surface area contributed by atoms with Crippen molar-refractivity contribution in [1.29, 1.82) is 0 Å². The van der Waals surface area contributed by atoms with Gasteiger partial charge in [0.25, 0.3) is 5.91 Å². The number of fused-ring (bicyclic) bond motifs is 2. The summed E-state index contributed by atoms with van der Waals surface area (Å²) >= 11 is 0. The maximum absolute atomic E-state index is 12.9. The predicted octanol–water partition coefficient (Wildman–Crippen LogP) is 4.26. The number of benzene rings is 2. The first-order valence-electron chi connectivity index (χ1n) is 9.76. The molecule has 0 aliphatic carbocycles. The number of rotatable bonds is 3.